The largest absolute Gasteiger partial charge is 0.355 e. The number of carbonyl (C=O) groups excluding carboxylic acids is 1. The summed E-state index contributed by atoms with van der Waals surface area (Å²) in [4.78, 5) is 11.6. The van der Waals surface area contributed by atoms with Crippen molar-refractivity contribution in [2.45, 2.75) is 57.9 Å². The van der Waals surface area contributed by atoms with Crippen LogP contribution in [0.2, 0.25) is 0 Å². The Morgan fingerprint density at radius 3 is 2.53 bits per heavy atom. The Morgan fingerprint density at radius 1 is 1.18 bits per heavy atom. The standard InChI is InChI=1S/C14H26N2O/c1-11(13-5-3-2-4-6-13)15-10-14(17)16-9-12-7-8-12/h11-13,15H,2-10H2,1H3,(H,16,17)/t11-/m1/s1. The zero-order valence-electron chi connectivity index (χ0n) is 11.0. The van der Waals surface area contributed by atoms with Gasteiger partial charge < -0.3 is 10.6 Å². The molecule has 0 spiro atoms. The molecule has 2 N–H and O–H groups in total. The third-order valence-corrected chi connectivity index (χ3v) is 4.23. The van der Waals surface area contributed by atoms with Crippen LogP contribution in [0.3, 0.4) is 0 Å². The minimum atomic E-state index is 0.166. The zero-order valence-corrected chi connectivity index (χ0v) is 11.0. The van der Waals surface area contributed by atoms with Gasteiger partial charge in [-0.25, -0.2) is 0 Å². The van der Waals surface area contributed by atoms with E-state index in [1.165, 1.54) is 44.9 Å². The summed E-state index contributed by atoms with van der Waals surface area (Å²) in [6, 6.07) is 0.488. The van der Waals surface area contributed by atoms with Gasteiger partial charge in [0.1, 0.15) is 0 Å². The molecule has 1 atom stereocenters. The highest BCUT2D eigenvalue weighted by Gasteiger charge is 2.22. The Labute approximate surface area is 105 Å². The zero-order chi connectivity index (χ0) is 12.1. The van der Waals surface area contributed by atoms with E-state index in [9.17, 15) is 4.79 Å². The third-order valence-electron chi connectivity index (χ3n) is 4.23. The molecule has 0 aromatic heterocycles. The molecular formula is C14H26N2O. The first kappa shape index (κ1) is 12.9. The van der Waals surface area contributed by atoms with Crippen LogP contribution in [0, 0.1) is 11.8 Å². The fourth-order valence-electron chi connectivity index (χ4n) is 2.70. The highest BCUT2D eigenvalue weighted by atomic mass is 16.1. The van der Waals surface area contributed by atoms with Crippen LogP contribution in [-0.4, -0.2) is 25.0 Å². The van der Waals surface area contributed by atoms with E-state index in [4.69, 9.17) is 0 Å². The second-order valence-electron chi connectivity index (χ2n) is 5.82. The predicted molar refractivity (Wildman–Crippen MR) is 69.8 cm³/mol. The van der Waals surface area contributed by atoms with Crippen molar-refractivity contribution in [3.05, 3.63) is 0 Å². The van der Waals surface area contributed by atoms with Gasteiger partial charge in [-0.2, -0.15) is 0 Å². The normalized spacial score (nSPS) is 23.4. The molecule has 0 radical (unpaired) electrons. The lowest BCUT2D eigenvalue weighted by Gasteiger charge is -2.28. The summed E-state index contributed by atoms with van der Waals surface area (Å²) in [5, 5.41) is 6.39. The van der Waals surface area contributed by atoms with Gasteiger partial charge in [-0.1, -0.05) is 19.3 Å². The topological polar surface area (TPSA) is 41.1 Å². The lowest BCUT2D eigenvalue weighted by Crippen LogP contribution is -2.42. The van der Waals surface area contributed by atoms with E-state index in [0.29, 0.717) is 12.6 Å². The van der Waals surface area contributed by atoms with E-state index in [1.807, 2.05) is 0 Å². The molecule has 2 rings (SSSR count). The van der Waals surface area contributed by atoms with E-state index >= 15 is 0 Å². The van der Waals surface area contributed by atoms with Crippen LogP contribution in [0.25, 0.3) is 0 Å². The van der Waals surface area contributed by atoms with Crippen molar-refractivity contribution in [2.75, 3.05) is 13.1 Å². The molecule has 0 unspecified atom stereocenters. The lowest BCUT2D eigenvalue weighted by molar-refractivity contribution is -0.120. The minimum Gasteiger partial charge on any atom is -0.355 e. The smallest absolute Gasteiger partial charge is 0.233 e. The van der Waals surface area contributed by atoms with Crippen molar-refractivity contribution in [3.8, 4) is 0 Å². The molecule has 3 nitrogen and oxygen atoms in total. The van der Waals surface area contributed by atoms with Crippen molar-refractivity contribution in [2.24, 2.45) is 11.8 Å². The van der Waals surface area contributed by atoms with E-state index in [2.05, 4.69) is 17.6 Å². The molecule has 1 amide bonds. The molecule has 98 valence electrons. The molecule has 3 heteroatoms. The Morgan fingerprint density at radius 2 is 1.88 bits per heavy atom. The number of nitrogens with one attached hydrogen (secondary N) is 2. The molecule has 0 aromatic rings. The summed E-state index contributed by atoms with van der Waals surface area (Å²) in [5.74, 6) is 1.72. The van der Waals surface area contributed by atoms with Gasteiger partial charge in [0.15, 0.2) is 0 Å². The summed E-state index contributed by atoms with van der Waals surface area (Å²) in [7, 11) is 0. The minimum absolute atomic E-state index is 0.166. The van der Waals surface area contributed by atoms with Crippen LogP contribution in [0.5, 0.6) is 0 Å². The Bertz CT molecular complexity index is 245. The molecule has 2 saturated carbocycles. The van der Waals surface area contributed by atoms with Gasteiger partial charge in [-0.05, 0) is 44.4 Å². The monoisotopic (exact) mass is 238 g/mol. The van der Waals surface area contributed by atoms with Gasteiger partial charge in [0.2, 0.25) is 5.91 Å². The molecule has 2 aliphatic carbocycles. The van der Waals surface area contributed by atoms with E-state index < -0.39 is 0 Å². The van der Waals surface area contributed by atoms with Crippen LogP contribution >= 0.6 is 0 Å². The molecule has 0 saturated heterocycles. The van der Waals surface area contributed by atoms with E-state index in [1.54, 1.807) is 0 Å². The highest BCUT2D eigenvalue weighted by molar-refractivity contribution is 5.78. The van der Waals surface area contributed by atoms with Gasteiger partial charge in [-0.15, -0.1) is 0 Å². The Kier molecular flexibility index (Phi) is 4.84. The van der Waals surface area contributed by atoms with Crippen molar-refractivity contribution < 1.29 is 4.79 Å². The summed E-state index contributed by atoms with van der Waals surface area (Å²) in [6.07, 6.45) is 9.38. The summed E-state index contributed by atoms with van der Waals surface area (Å²) >= 11 is 0. The quantitative estimate of drug-likeness (QED) is 0.744. The number of hydrogen-bond acceptors (Lipinski definition) is 2. The average Bonchev–Trinajstić information content (AvgIpc) is 3.18. The highest BCUT2D eigenvalue weighted by Crippen LogP contribution is 2.27. The van der Waals surface area contributed by atoms with Crippen LogP contribution < -0.4 is 10.6 Å². The van der Waals surface area contributed by atoms with Gasteiger partial charge in [-0.3, -0.25) is 4.79 Å². The molecular weight excluding hydrogens is 212 g/mol. The van der Waals surface area contributed by atoms with Gasteiger partial charge in [0, 0.05) is 12.6 Å². The SMILES string of the molecule is C[C@@H](NCC(=O)NCC1CC1)C1CCCCC1. The molecule has 2 aliphatic rings. The van der Waals surface area contributed by atoms with Gasteiger partial charge in [0.25, 0.3) is 0 Å². The fraction of sp³-hybridized carbons (Fsp3) is 0.929. The third kappa shape index (κ3) is 4.66. The number of amides is 1. The van der Waals surface area contributed by atoms with Crippen LogP contribution in [0.4, 0.5) is 0 Å². The second-order valence-corrected chi connectivity index (χ2v) is 5.82. The molecule has 2 fully saturated rings. The predicted octanol–water partition coefficient (Wildman–Crippen LogP) is 2.07. The van der Waals surface area contributed by atoms with Crippen molar-refractivity contribution >= 4 is 5.91 Å². The van der Waals surface area contributed by atoms with Crippen LogP contribution in [0.15, 0.2) is 0 Å². The first-order valence-corrected chi connectivity index (χ1v) is 7.26. The number of hydrogen-bond donors (Lipinski definition) is 2. The van der Waals surface area contributed by atoms with Crippen LogP contribution in [-0.2, 0) is 4.79 Å². The first-order valence-electron chi connectivity index (χ1n) is 7.26. The van der Waals surface area contributed by atoms with E-state index in [-0.39, 0.29) is 5.91 Å². The van der Waals surface area contributed by atoms with Gasteiger partial charge >= 0.3 is 0 Å². The maximum Gasteiger partial charge on any atom is 0.233 e. The fourth-order valence-corrected chi connectivity index (χ4v) is 2.70. The maximum absolute atomic E-state index is 11.6. The first-order chi connectivity index (χ1) is 8.25. The van der Waals surface area contributed by atoms with Crippen LogP contribution in [0.1, 0.15) is 51.9 Å². The Balaban J connectivity index is 1.57. The molecule has 17 heavy (non-hydrogen) atoms. The summed E-state index contributed by atoms with van der Waals surface area (Å²) < 4.78 is 0. The van der Waals surface area contributed by atoms with Crippen molar-refractivity contribution in [3.63, 3.8) is 0 Å². The Hall–Kier alpha value is -0.570. The van der Waals surface area contributed by atoms with Crippen molar-refractivity contribution in [1.82, 2.24) is 10.6 Å². The average molecular weight is 238 g/mol. The lowest BCUT2D eigenvalue weighted by atomic mass is 9.84. The molecule has 0 bridgehead atoms. The number of rotatable bonds is 6. The van der Waals surface area contributed by atoms with Gasteiger partial charge in [0.05, 0.1) is 6.54 Å². The van der Waals surface area contributed by atoms with E-state index in [0.717, 1.165) is 18.4 Å². The molecule has 0 aliphatic heterocycles. The molecule has 0 aromatic carbocycles. The summed E-state index contributed by atoms with van der Waals surface area (Å²) in [5.41, 5.74) is 0. The molecule has 0 heterocycles. The number of carbonyl (C=O) groups is 1. The van der Waals surface area contributed by atoms with Crippen molar-refractivity contribution in [1.29, 1.82) is 0 Å². The summed E-state index contributed by atoms with van der Waals surface area (Å²) in [6.45, 7) is 3.60. The second kappa shape index (κ2) is 6.39. The maximum atomic E-state index is 11.6.